The number of amides is 1. The van der Waals surface area contributed by atoms with Gasteiger partial charge in [0.15, 0.2) is 0 Å². The molecule has 6 nitrogen and oxygen atoms in total. The van der Waals surface area contributed by atoms with Gasteiger partial charge in [0, 0.05) is 34.0 Å². The van der Waals surface area contributed by atoms with E-state index in [1.165, 1.54) is 18.4 Å². The predicted octanol–water partition coefficient (Wildman–Crippen LogP) is 4.35. The summed E-state index contributed by atoms with van der Waals surface area (Å²) in [5.74, 6) is -0.708. The summed E-state index contributed by atoms with van der Waals surface area (Å²) in [5, 5.41) is 4.79. The van der Waals surface area contributed by atoms with Crippen molar-refractivity contribution >= 4 is 34.1 Å². The highest BCUT2D eigenvalue weighted by Gasteiger charge is 2.24. The Morgan fingerprint density at radius 1 is 1.12 bits per heavy atom. The molecule has 0 saturated heterocycles. The van der Waals surface area contributed by atoms with E-state index in [4.69, 9.17) is 4.74 Å². The molecular weight excluding hydrogens is 422 g/mol. The van der Waals surface area contributed by atoms with Crippen LogP contribution < -0.4 is 5.32 Å². The van der Waals surface area contributed by atoms with Gasteiger partial charge in [0.05, 0.1) is 24.2 Å². The van der Waals surface area contributed by atoms with Gasteiger partial charge in [-0.25, -0.2) is 9.78 Å². The van der Waals surface area contributed by atoms with E-state index in [0.29, 0.717) is 6.42 Å². The van der Waals surface area contributed by atoms with Gasteiger partial charge in [-0.05, 0) is 25.5 Å². The van der Waals surface area contributed by atoms with Crippen LogP contribution in [0.25, 0.3) is 22.2 Å². The zero-order chi connectivity index (χ0) is 22.7. The van der Waals surface area contributed by atoms with Crippen LogP contribution >= 0.6 is 11.3 Å². The third-order valence-electron chi connectivity index (χ3n) is 5.37. The molecule has 1 unspecified atom stereocenters. The number of carbonyl (C=O) groups excluding carboxylic acids is 2. The molecule has 0 aliphatic carbocycles. The summed E-state index contributed by atoms with van der Waals surface area (Å²) in [6.45, 7) is 3.96. The molecule has 1 amide bonds. The third kappa shape index (κ3) is 4.73. The molecule has 2 N–H and O–H groups in total. The van der Waals surface area contributed by atoms with E-state index in [1.54, 1.807) is 0 Å². The number of carbonyl (C=O) groups is 2. The lowest BCUT2D eigenvalue weighted by molar-refractivity contribution is -0.145. The highest BCUT2D eigenvalue weighted by atomic mass is 32.1. The second-order valence-electron chi connectivity index (χ2n) is 7.75. The molecule has 2 aromatic heterocycles. The van der Waals surface area contributed by atoms with Gasteiger partial charge in [0.2, 0.25) is 5.91 Å². The number of para-hydroxylation sites is 1. The molecule has 164 valence electrons. The van der Waals surface area contributed by atoms with Crippen molar-refractivity contribution in [3.8, 4) is 11.3 Å². The molecule has 1 atom stereocenters. The normalized spacial score (nSPS) is 12.0. The maximum atomic E-state index is 12.9. The first kappa shape index (κ1) is 21.8. The maximum absolute atomic E-state index is 12.9. The van der Waals surface area contributed by atoms with Crippen LogP contribution in [-0.2, 0) is 27.2 Å². The standard InChI is InChI=1S/C25H25N3O3S/c1-15-8-10-17(11-9-15)24-22(32-16(2)27-24)13-23(29)28-21(25(30)31-3)12-18-14-26-20-7-5-4-6-19(18)20/h4-11,14,21,26H,12-13H2,1-3H3,(H,28,29). The number of rotatable bonds is 7. The number of ether oxygens (including phenoxy) is 1. The average Bonchev–Trinajstić information content (AvgIpc) is 3.36. The van der Waals surface area contributed by atoms with Crippen molar-refractivity contribution in [2.75, 3.05) is 7.11 Å². The molecule has 0 aliphatic rings. The largest absolute Gasteiger partial charge is 0.467 e. The highest BCUT2D eigenvalue weighted by molar-refractivity contribution is 7.12. The van der Waals surface area contributed by atoms with Crippen LogP contribution in [0.5, 0.6) is 0 Å². The summed E-state index contributed by atoms with van der Waals surface area (Å²) in [6, 6.07) is 15.2. The molecule has 32 heavy (non-hydrogen) atoms. The number of methoxy groups -OCH3 is 1. The molecule has 0 bridgehead atoms. The van der Waals surface area contributed by atoms with Crippen LogP contribution in [0.2, 0.25) is 0 Å². The summed E-state index contributed by atoms with van der Waals surface area (Å²) in [7, 11) is 1.33. The Morgan fingerprint density at radius 2 is 1.88 bits per heavy atom. The van der Waals surface area contributed by atoms with Gasteiger partial charge >= 0.3 is 5.97 Å². The van der Waals surface area contributed by atoms with Crippen LogP contribution in [0.3, 0.4) is 0 Å². The lowest BCUT2D eigenvalue weighted by atomic mass is 10.0. The summed E-state index contributed by atoms with van der Waals surface area (Å²) >= 11 is 1.50. The van der Waals surface area contributed by atoms with Crippen molar-refractivity contribution in [2.45, 2.75) is 32.7 Å². The first-order valence-corrected chi connectivity index (χ1v) is 11.2. The maximum Gasteiger partial charge on any atom is 0.328 e. The molecule has 2 heterocycles. The topological polar surface area (TPSA) is 84.1 Å². The van der Waals surface area contributed by atoms with Crippen LogP contribution in [-0.4, -0.2) is 35.0 Å². The Morgan fingerprint density at radius 3 is 2.62 bits per heavy atom. The van der Waals surface area contributed by atoms with Crippen molar-refractivity contribution < 1.29 is 14.3 Å². The Balaban J connectivity index is 1.52. The van der Waals surface area contributed by atoms with Gasteiger partial charge in [0.25, 0.3) is 0 Å². The molecule has 0 saturated carbocycles. The van der Waals surface area contributed by atoms with Crippen LogP contribution in [0.15, 0.2) is 54.7 Å². The number of esters is 1. The molecule has 4 rings (SSSR count). The molecule has 0 spiro atoms. The van der Waals surface area contributed by atoms with Crippen LogP contribution in [0, 0.1) is 13.8 Å². The van der Waals surface area contributed by atoms with Gasteiger partial charge in [-0.2, -0.15) is 0 Å². The number of aryl methyl sites for hydroxylation is 2. The van der Waals surface area contributed by atoms with E-state index in [2.05, 4.69) is 15.3 Å². The third-order valence-corrected chi connectivity index (χ3v) is 6.34. The minimum atomic E-state index is -0.774. The van der Waals surface area contributed by atoms with Gasteiger partial charge < -0.3 is 15.0 Å². The predicted molar refractivity (Wildman–Crippen MR) is 127 cm³/mol. The fraction of sp³-hybridized carbons (Fsp3) is 0.240. The molecule has 0 radical (unpaired) electrons. The first-order chi connectivity index (χ1) is 15.4. The van der Waals surface area contributed by atoms with Crippen molar-refractivity contribution in [3.63, 3.8) is 0 Å². The smallest absolute Gasteiger partial charge is 0.328 e. The Bertz CT molecular complexity index is 1260. The van der Waals surface area contributed by atoms with Gasteiger partial charge in [-0.15, -0.1) is 11.3 Å². The molecule has 7 heteroatoms. The summed E-state index contributed by atoms with van der Waals surface area (Å²) < 4.78 is 4.96. The number of nitrogens with one attached hydrogen (secondary N) is 2. The molecular formula is C25H25N3O3S. The summed E-state index contributed by atoms with van der Waals surface area (Å²) in [6.07, 6.45) is 2.36. The lowest BCUT2D eigenvalue weighted by Gasteiger charge is -2.16. The quantitative estimate of drug-likeness (QED) is 0.413. The number of aromatic amines is 1. The van der Waals surface area contributed by atoms with E-state index >= 15 is 0 Å². The van der Waals surface area contributed by atoms with Crippen molar-refractivity contribution in [2.24, 2.45) is 0 Å². The van der Waals surface area contributed by atoms with E-state index in [0.717, 1.165) is 43.2 Å². The molecule has 2 aromatic carbocycles. The Labute approximate surface area is 190 Å². The minimum Gasteiger partial charge on any atom is -0.467 e. The number of hydrogen-bond acceptors (Lipinski definition) is 5. The summed E-state index contributed by atoms with van der Waals surface area (Å²) in [5.41, 5.74) is 4.89. The first-order valence-electron chi connectivity index (χ1n) is 10.4. The van der Waals surface area contributed by atoms with E-state index < -0.39 is 12.0 Å². The SMILES string of the molecule is COC(=O)C(Cc1c[nH]c2ccccc12)NC(=O)Cc1sc(C)nc1-c1ccc(C)cc1. The molecule has 0 fully saturated rings. The minimum absolute atomic E-state index is 0.149. The number of fused-ring (bicyclic) bond motifs is 1. The van der Waals surface area contributed by atoms with Crippen molar-refractivity contribution in [1.29, 1.82) is 0 Å². The molecule has 4 aromatic rings. The second kappa shape index (κ2) is 9.36. The Hall–Kier alpha value is -3.45. The second-order valence-corrected chi connectivity index (χ2v) is 9.04. The number of H-pyrrole nitrogens is 1. The van der Waals surface area contributed by atoms with Crippen molar-refractivity contribution in [1.82, 2.24) is 15.3 Å². The van der Waals surface area contributed by atoms with Gasteiger partial charge in [-0.3, -0.25) is 4.79 Å². The molecule has 0 aliphatic heterocycles. The monoisotopic (exact) mass is 447 g/mol. The number of thiazole rings is 1. The highest BCUT2D eigenvalue weighted by Crippen LogP contribution is 2.29. The Kier molecular flexibility index (Phi) is 6.37. The average molecular weight is 448 g/mol. The zero-order valence-electron chi connectivity index (χ0n) is 18.3. The number of aromatic nitrogens is 2. The summed E-state index contributed by atoms with van der Waals surface area (Å²) in [4.78, 5) is 34.1. The number of nitrogens with zero attached hydrogens (tertiary/aromatic N) is 1. The number of benzene rings is 2. The fourth-order valence-electron chi connectivity index (χ4n) is 3.77. The van der Waals surface area contributed by atoms with Gasteiger partial charge in [-0.1, -0.05) is 48.0 Å². The lowest BCUT2D eigenvalue weighted by Crippen LogP contribution is -2.43. The fourth-order valence-corrected chi connectivity index (χ4v) is 4.73. The van der Waals surface area contributed by atoms with E-state index in [1.807, 2.05) is 68.6 Å². The van der Waals surface area contributed by atoms with E-state index in [-0.39, 0.29) is 12.3 Å². The number of hydrogen-bond donors (Lipinski definition) is 2. The van der Waals surface area contributed by atoms with E-state index in [9.17, 15) is 9.59 Å². The van der Waals surface area contributed by atoms with Crippen molar-refractivity contribution in [3.05, 3.63) is 75.7 Å². The van der Waals surface area contributed by atoms with Crippen LogP contribution in [0.1, 0.15) is 21.0 Å². The van der Waals surface area contributed by atoms with Crippen LogP contribution in [0.4, 0.5) is 0 Å². The van der Waals surface area contributed by atoms with Gasteiger partial charge in [0.1, 0.15) is 6.04 Å². The zero-order valence-corrected chi connectivity index (χ0v) is 19.1.